The highest BCUT2D eigenvalue weighted by Gasteiger charge is 2.48. The topological polar surface area (TPSA) is 88.2 Å². The predicted octanol–water partition coefficient (Wildman–Crippen LogP) is 2.95. The van der Waals surface area contributed by atoms with Gasteiger partial charge >= 0.3 is 5.97 Å². The van der Waals surface area contributed by atoms with Crippen LogP contribution in [0.1, 0.15) is 57.8 Å². The fourth-order valence-corrected chi connectivity index (χ4v) is 7.70. The molecule has 36 heavy (non-hydrogen) atoms. The molecule has 8 nitrogen and oxygen atoms in total. The summed E-state index contributed by atoms with van der Waals surface area (Å²) in [5.74, 6) is 0.758. The smallest absolute Gasteiger partial charge is 0.324 e. The van der Waals surface area contributed by atoms with Crippen LogP contribution in [-0.4, -0.2) is 83.8 Å². The maximum absolute atomic E-state index is 14.0. The summed E-state index contributed by atoms with van der Waals surface area (Å²) in [5, 5.41) is 17.4. The third kappa shape index (κ3) is 4.21. The number of carbonyl (C=O) groups excluding carboxylic acids is 1. The molecule has 0 radical (unpaired) electrons. The molecule has 3 saturated heterocycles. The van der Waals surface area contributed by atoms with Gasteiger partial charge in [-0.1, -0.05) is 44.2 Å². The molecule has 0 spiro atoms. The Labute approximate surface area is 214 Å². The Morgan fingerprint density at radius 2 is 1.58 bits per heavy atom. The summed E-state index contributed by atoms with van der Waals surface area (Å²) in [5.41, 5.74) is 1.26. The first-order valence-corrected chi connectivity index (χ1v) is 14.2. The molecule has 4 heterocycles. The molecule has 4 aliphatic heterocycles. The molecule has 3 unspecified atom stereocenters. The number of benzene rings is 1. The number of carbonyl (C=O) groups is 2. The van der Waals surface area contributed by atoms with E-state index in [1.807, 2.05) is 12.1 Å². The average Bonchev–Trinajstić information content (AvgIpc) is 3.47. The minimum atomic E-state index is -0.735. The van der Waals surface area contributed by atoms with Gasteiger partial charge in [0.1, 0.15) is 5.54 Å². The van der Waals surface area contributed by atoms with Gasteiger partial charge in [-0.3, -0.25) is 19.4 Å². The van der Waals surface area contributed by atoms with E-state index in [1.165, 1.54) is 6.42 Å². The lowest BCUT2D eigenvalue weighted by Gasteiger charge is -2.49. The number of nitrogens with zero attached hydrogens (tertiary/aromatic N) is 3. The molecule has 3 atom stereocenters. The van der Waals surface area contributed by atoms with Gasteiger partial charge in [-0.2, -0.15) is 0 Å². The van der Waals surface area contributed by atoms with Crippen LogP contribution in [0.3, 0.4) is 0 Å². The molecule has 3 N–H and O–H groups in total. The van der Waals surface area contributed by atoms with Crippen molar-refractivity contribution in [3.05, 3.63) is 24.3 Å². The Morgan fingerprint density at radius 3 is 2.25 bits per heavy atom. The molecule has 1 saturated carbocycles. The number of fused-ring (bicyclic) bond motifs is 2. The maximum atomic E-state index is 14.0. The van der Waals surface area contributed by atoms with Crippen LogP contribution in [0.5, 0.6) is 0 Å². The quantitative estimate of drug-likeness (QED) is 0.592. The molecule has 1 aromatic carbocycles. The van der Waals surface area contributed by atoms with Crippen LogP contribution in [0.4, 0.5) is 11.4 Å². The molecular formula is C28H41N5O3. The highest BCUT2D eigenvalue weighted by atomic mass is 16.4. The van der Waals surface area contributed by atoms with E-state index in [-0.39, 0.29) is 18.1 Å². The van der Waals surface area contributed by atoms with Gasteiger partial charge < -0.3 is 20.6 Å². The van der Waals surface area contributed by atoms with E-state index in [0.717, 1.165) is 102 Å². The van der Waals surface area contributed by atoms with Crippen molar-refractivity contribution in [2.45, 2.75) is 75.5 Å². The highest BCUT2D eigenvalue weighted by Crippen LogP contribution is 2.40. The Morgan fingerprint density at radius 1 is 0.944 bits per heavy atom. The number of hydrogen-bond acceptors (Lipinski definition) is 6. The van der Waals surface area contributed by atoms with E-state index in [1.54, 1.807) is 0 Å². The zero-order valence-corrected chi connectivity index (χ0v) is 21.3. The third-order valence-corrected chi connectivity index (χ3v) is 9.72. The number of aliphatic carboxylic acids is 1. The number of para-hydroxylation sites is 2. The van der Waals surface area contributed by atoms with E-state index in [2.05, 4.69) is 37.5 Å². The molecular weight excluding hydrogens is 454 g/mol. The molecule has 1 aliphatic carbocycles. The second kappa shape index (κ2) is 9.95. The van der Waals surface area contributed by atoms with E-state index >= 15 is 0 Å². The van der Waals surface area contributed by atoms with Gasteiger partial charge in [0, 0.05) is 32.2 Å². The predicted molar refractivity (Wildman–Crippen MR) is 140 cm³/mol. The fraction of sp³-hybridized carbons (Fsp3) is 0.714. The average molecular weight is 496 g/mol. The summed E-state index contributed by atoms with van der Waals surface area (Å²) < 4.78 is 0. The zero-order chi connectivity index (χ0) is 24.7. The number of rotatable bonds is 4. The highest BCUT2D eigenvalue weighted by molar-refractivity contribution is 6.05. The van der Waals surface area contributed by atoms with Gasteiger partial charge in [-0.25, -0.2) is 0 Å². The first kappa shape index (κ1) is 24.2. The third-order valence-electron chi connectivity index (χ3n) is 9.72. The van der Waals surface area contributed by atoms with Crippen molar-refractivity contribution in [3.8, 4) is 0 Å². The molecule has 4 fully saturated rings. The van der Waals surface area contributed by atoms with Crippen LogP contribution in [0.2, 0.25) is 0 Å². The number of carboxylic acid groups (broad SMARTS) is 1. The Kier molecular flexibility index (Phi) is 6.69. The Bertz CT molecular complexity index is 958. The monoisotopic (exact) mass is 495 g/mol. The normalized spacial score (nSPS) is 31.8. The summed E-state index contributed by atoms with van der Waals surface area (Å²) in [6.45, 7) is 5.48. The van der Waals surface area contributed by atoms with E-state index in [0.29, 0.717) is 11.8 Å². The number of nitrogens with one attached hydrogen (secondary N) is 2. The number of hydrogen-bond donors (Lipinski definition) is 3. The Hall–Kier alpha value is -2.16. The molecule has 196 valence electrons. The van der Waals surface area contributed by atoms with Crippen LogP contribution in [0, 0.1) is 11.8 Å². The molecule has 6 rings (SSSR count). The van der Waals surface area contributed by atoms with Crippen LogP contribution in [0.15, 0.2) is 24.3 Å². The van der Waals surface area contributed by atoms with E-state index in [4.69, 9.17) is 0 Å². The van der Waals surface area contributed by atoms with Crippen molar-refractivity contribution in [2.75, 3.05) is 49.5 Å². The van der Waals surface area contributed by atoms with E-state index < -0.39 is 11.5 Å². The van der Waals surface area contributed by atoms with Gasteiger partial charge in [0.15, 0.2) is 6.17 Å². The van der Waals surface area contributed by atoms with Gasteiger partial charge in [0.25, 0.3) is 5.91 Å². The van der Waals surface area contributed by atoms with Crippen molar-refractivity contribution in [1.82, 2.24) is 15.1 Å². The van der Waals surface area contributed by atoms with Crippen molar-refractivity contribution in [3.63, 3.8) is 0 Å². The second-order valence-corrected chi connectivity index (χ2v) is 11.7. The molecule has 0 aromatic heterocycles. The molecule has 1 aromatic rings. The van der Waals surface area contributed by atoms with Gasteiger partial charge in [-0.05, 0) is 62.7 Å². The molecule has 1 amide bonds. The maximum Gasteiger partial charge on any atom is 0.324 e. The van der Waals surface area contributed by atoms with Crippen LogP contribution >= 0.6 is 0 Å². The van der Waals surface area contributed by atoms with Crippen molar-refractivity contribution in [2.24, 2.45) is 11.8 Å². The summed E-state index contributed by atoms with van der Waals surface area (Å²) in [4.78, 5) is 33.3. The van der Waals surface area contributed by atoms with E-state index in [9.17, 15) is 14.7 Å². The van der Waals surface area contributed by atoms with Gasteiger partial charge in [-0.15, -0.1) is 0 Å². The second-order valence-electron chi connectivity index (χ2n) is 11.7. The molecule has 0 bridgehead atoms. The number of carboxylic acids is 1. The fourth-order valence-electron chi connectivity index (χ4n) is 7.70. The lowest BCUT2D eigenvalue weighted by atomic mass is 9.81. The van der Waals surface area contributed by atoms with Crippen molar-refractivity contribution >= 4 is 23.3 Å². The number of anilines is 2. The summed E-state index contributed by atoms with van der Waals surface area (Å²) >= 11 is 0. The van der Waals surface area contributed by atoms with Crippen LogP contribution in [0.25, 0.3) is 0 Å². The van der Waals surface area contributed by atoms with Crippen molar-refractivity contribution in [1.29, 1.82) is 0 Å². The van der Waals surface area contributed by atoms with Gasteiger partial charge in [0.2, 0.25) is 0 Å². The number of likely N-dealkylation sites (tertiary alicyclic amines) is 2. The molecule has 8 heteroatoms. The Balaban J connectivity index is 1.20. The summed E-state index contributed by atoms with van der Waals surface area (Å²) in [7, 11) is 0. The minimum absolute atomic E-state index is 0.0997. The van der Waals surface area contributed by atoms with Crippen LogP contribution < -0.4 is 15.5 Å². The summed E-state index contributed by atoms with van der Waals surface area (Å²) in [6.07, 6.45) is 8.27. The van der Waals surface area contributed by atoms with Crippen molar-refractivity contribution < 1.29 is 14.7 Å². The number of amides is 1. The first-order valence-electron chi connectivity index (χ1n) is 14.2. The summed E-state index contributed by atoms with van der Waals surface area (Å²) in [6, 6.07) is 8.29. The van der Waals surface area contributed by atoms with Crippen LogP contribution in [-0.2, 0) is 9.59 Å². The van der Waals surface area contributed by atoms with Gasteiger partial charge in [0.05, 0.1) is 11.4 Å². The lowest BCUT2D eigenvalue weighted by Crippen LogP contribution is -2.62. The largest absolute Gasteiger partial charge is 0.480 e. The molecule has 5 aliphatic rings. The SMILES string of the molecule is O=C1C(N2CC3CNCC3C2)Nc2ccccc2N1C1CCN(C2(C(=O)O)CCCCCCC2)CC1. The lowest BCUT2D eigenvalue weighted by molar-refractivity contribution is -0.154. The minimum Gasteiger partial charge on any atom is -0.480 e. The zero-order valence-electron chi connectivity index (χ0n) is 21.3. The standard InChI is InChI=1S/C28H41N5O3/c34-26-25(31-18-20-16-29-17-21(20)19-31)30-23-8-4-5-9-24(23)33(26)22-10-14-32(15-11-22)28(27(35)36)12-6-2-1-3-7-13-28/h4-5,8-9,20-22,25,29-30H,1-3,6-7,10-19H2,(H,35,36). The first-order chi connectivity index (χ1) is 17.6. The number of piperidine rings is 1.